The van der Waals surface area contributed by atoms with Crippen LogP contribution in [0, 0.1) is 6.92 Å². The second kappa shape index (κ2) is 12.1. The first-order valence-electron chi connectivity index (χ1n) is 12.6. The monoisotopic (exact) mass is 542 g/mol. The molecule has 0 heterocycles. The van der Waals surface area contributed by atoms with Crippen molar-refractivity contribution in [2.45, 2.75) is 90.8 Å². The van der Waals surface area contributed by atoms with E-state index >= 15 is 0 Å². The third-order valence-electron chi connectivity index (χ3n) is 6.70. The van der Waals surface area contributed by atoms with Crippen molar-refractivity contribution in [1.82, 2.24) is 10.2 Å². The Hall–Kier alpha value is -2.34. The Morgan fingerprint density at radius 1 is 1.11 bits per heavy atom. The summed E-state index contributed by atoms with van der Waals surface area (Å²) in [7, 11) is 0. The van der Waals surface area contributed by atoms with E-state index in [1.165, 1.54) is 12.0 Å². The van der Waals surface area contributed by atoms with Gasteiger partial charge in [-0.1, -0.05) is 75.9 Å². The molecule has 1 N–H and O–H groups in total. The third-order valence-corrected chi connectivity index (χ3v) is 7.32. The number of carbonyl (C=O) groups is 2. The minimum absolute atomic E-state index is 0.0165. The van der Waals surface area contributed by atoms with Crippen molar-refractivity contribution in [2.75, 3.05) is 6.61 Å². The highest BCUT2D eigenvalue weighted by Gasteiger charge is 2.28. The van der Waals surface area contributed by atoms with E-state index in [0.29, 0.717) is 12.3 Å². The zero-order chi connectivity index (χ0) is 25.6. The molecule has 5 nitrogen and oxygen atoms in total. The molecule has 2 amide bonds. The van der Waals surface area contributed by atoms with Crippen LogP contribution in [-0.4, -0.2) is 35.4 Å². The average Bonchev–Trinajstić information content (AvgIpc) is 2.81. The maximum atomic E-state index is 13.4. The van der Waals surface area contributed by atoms with Gasteiger partial charge < -0.3 is 15.0 Å². The van der Waals surface area contributed by atoms with Crippen molar-refractivity contribution in [3.05, 3.63) is 63.6 Å². The first-order chi connectivity index (χ1) is 16.5. The van der Waals surface area contributed by atoms with Gasteiger partial charge in [-0.25, -0.2) is 0 Å². The van der Waals surface area contributed by atoms with E-state index in [2.05, 4.69) is 48.1 Å². The summed E-state index contributed by atoms with van der Waals surface area (Å²) >= 11 is 3.58. The molecule has 1 aliphatic rings. The van der Waals surface area contributed by atoms with Gasteiger partial charge in [-0.2, -0.15) is 0 Å². The zero-order valence-electron chi connectivity index (χ0n) is 21.7. The quantitative estimate of drug-likeness (QED) is 0.425. The Bertz CT molecular complexity index is 1020. The van der Waals surface area contributed by atoms with Crippen molar-refractivity contribution >= 4 is 27.7 Å². The summed E-state index contributed by atoms with van der Waals surface area (Å²) in [5, 5.41) is 3.17. The highest BCUT2D eigenvalue weighted by atomic mass is 79.9. The number of aryl methyl sites for hydroxylation is 1. The number of hydrogen-bond acceptors (Lipinski definition) is 3. The van der Waals surface area contributed by atoms with Gasteiger partial charge in [-0.3, -0.25) is 9.59 Å². The minimum Gasteiger partial charge on any atom is -0.483 e. The number of nitrogens with zero attached hydrogens (tertiary/aromatic N) is 1. The molecule has 2 aromatic rings. The lowest BCUT2D eigenvalue weighted by molar-refractivity contribution is -0.142. The number of ether oxygens (including phenoxy) is 1. The predicted octanol–water partition coefficient (Wildman–Crippen LogP) is 6.30. The molecule has 0 aromatic heterocycles. The van der Waals surface area contributed by atoms with Crippen LogP contribution in [-0.2, 0) is 21.5 Å². The molecule has 1 aliphatic carbocycles. The molecule has 1 fully saturated rings. The van der Waals surface area contributed by atoms with E-state index in [1.54, 1.807) is 11.8 Å². The van der Waals surface area contributed by atoms with E-state index in [9.17, 15) is 9.59 Å². The molecule has 35 heavy (non-hydrogen) atoms. The predicted molar refractivity (Wildman–Crippen MR) is 145 cm³/mol. The lowest BCUT2D eigenvalue weighted by Crippen LogP contribution is -2.51. The van der Waals surface area contributed by atoms with E-state index in [-0.39, 0.29) is 29.9 Å². The van der Waals surface area contributed by atoms with Crippen molar-refractivity contribution in [2.24, 2.45) is 0 Å². The zero-order valence-corrected chi connectivity index (χ0v) is 23.3. The number of halogens is 1. The maximum absolute atomic E-state index is 13.4. The number of benzene rings is 2. The lowest BCUT2D eigenvalue weighted by atomic mass is 9.87. The van der Waals surface area contributed by atoms with Gasteiger partial charge in [-0.15, -0.1) is 0 Å². The van der Waals surface area contributed by atoms with Gasteiger partial charge in [0.15, 0.2) is 6.61 Å². The van der Waals surface area contributed by atoms with Crippen molar-refractivity contribution in [3.63, 3.8) is 0 Å². The van der Waals surface area contributed by atoms with Crippen LogP contribution in [0.15, 0.2) is 46.9 Å². The van der Waals surface area contributed by atoms with Gasteiger partial charge >= 0.3 is 0 Å². The lowest BCUT2D eigenvalue weighted by Gasteiger charge is -2.31. The standard InChI is InChI=1S/C29H39BrN2O3/c1-20-10-9-11-22(16-20)18-32(21(2)28(34)31-24-12-7-6-8-13-24)27(33)19-35-26-15-14-23(17-25(26)30)29(3,4)5/h9-11,14-17,21,24H,6-8,12-13,18-19H2,1-5H3,(H,31,34)/t21-/m0/s1. The summed E-state index contributed by atoms with van der Waals surface area (Å²) in [5.41, 5.74) is 3.31. The smallest absolute Gasteiger partial charge is 0.261 e. The molecule has 0 bridgehead atoms. The summed E-state index contributed by atoms with van der Waals surface area (Å²) in [6.07, 6.45) is 5.52. The van der Waals surface area contributed by atoms with Crippen molar-refractivity contribution in [1.29, 1.82) is 0 Å². The van der Waals surface area contributed by atoms with Crippen LogP contribution in [0.25, 0.3) is 0 Å². The SMILES string of the molecule is Cc1cccc(CN(C(=O)COc2ccc(C(C)(C)C)cc2Br)[C@@H](C)C(=O)NC2CCCCC2)c1. The molecule has 0 aliphatic heterocycles. The van der Waals surface area contributed by atoms with Gasteiger partial charge in [0.05, 0.1) is 4.47 Å². The number of hydrogen-bond donors (Lipinski definition) is 1. The second-order valence-electron chi connectivity index (χ2n) is 10.7. The van der Waals surface area contributed by atoms with Crippen LogP contribution in [0.1, 0.15) is 76.5 Å². The van der Waals surface area contributed by atoms with Crippen LogP contribution >= 0.6 is 15.9 Å². The molecule has 0 spiro atoms. The van der Waals surface area contributed by atoms with Gasteiger partial charge in [0.2, 0.25) is 5.91 Å². The topological polar surface area (TPSA) is 58.6 Å². The Morgan fingerprint density at radius 2 is 1.83 bits per heavy atom. The second-order valence-corrected chi connectivity index (χ2v) is 11.6. The van der Waals surface area contributed by atoms with Gasteiger partial charge in [0.25, 0.3) is 5.91 Å². The van der Waals surface area contributed by atoms with Crippen LogP contribution in [0.3, 0.4) is 0 Å². The molecule has 6 heteroatoms. The fourth-order valence-corrected chi connectivity index (χ4v) is 4.96. The number of nitrogens with one attached hydrogen (secondary N) is 1. The summed E-state index contributed by atoms with van der Waals surface area (Å²) in [4.78, 5) is 28.1. The number of rotatable bonds is 8. The van der Waals surface area contributed by atoms with E-state index in [1.807, 2.05) is 43.3 Å². The van der Waals surface area contributed by atoms with Crippen molar-refractivity contribution < 1.29 is 14.3 Å². The summed E-state index contributed by atoms with van der Waals surface area (Å²) in [6.45, 7) is 10.5. The van der Waals surface area contributed by atoms with Crippen LogP contribution < -0.4 is 10.1 Å². The summed E-state index contributed by atoms with van der Waals surface area (Å²) < 4.78 is 6.73. The molecular formula is C29H39BrN2O3. The van der Waals surface area contributed by atoms with E-state index in [4.69, 9.17) is 4.74 Å². The number of amides is 2. The minimum atomic E-state index is -0.597. The molecule has 0 saturated heterocycles. The molecule has 0 radical (unpaired) electrons. The van der Waals surface area contributed by atoms with Crippen LogP contribution in [0.2, 0.25) is 0 Å². The first-order valence-corrected chi connectivity index (χ1v) is 13.4. The molecule has 190 valence electrons. The first kappa shape index (κ1) is 27.3. The highest BCUT2D eigenvalue weighted by Crippen LogP contribution is 2.31. The normalized spacial score (nSPS) is 15.4. The van der Waals surface area contributed by atoms with Gasteiger partial charge in [-0.05, 0) is 71.3 Å². The maximum Gasteiger partial charge on any atom is 0.261 e. The van der Waals surface area contributed by atoms with Gasteiger partial charge in [0, 0.05) is 12.6 Å². The molecular weight excluding hydrogens is 504 g/mol. The van der Waals surface area contributed by atoms with E-state index in [0.717, 1.165) is 41.3 Å². The molecule has 3 rings (SSSR count). The molecule has 0 unspecified atom stereocenters. The van der Waals surface area contributed by atoms with Crippen molar-refractivity contribution in [3.8, 4) is 5.75 Å². The third kappa shape index (κ3) is 7.83. The Balaban J connectivity index is 1.73. The Kier molecular flexibility index (Phi) is 9.40. The molecule has 1 saturated carbocycles. The summed E-state index contributed by atoms with van der Waals surface area (Å²) in [6, 6.07) is 13.6. The van der Waals surface area contributed by atoms with Gasteiger partial charge in [0.1, 0.15) is 11.8 Å². The number of carbonyl (C=O) groups excluding carboxylic acids is 2. The highest BCUT2D eigenvalue weighted by molar-refractivity contribution is 9.10. The Labute approximate surface area is 218 Å². The molecule has 1 atom stereocenters. The average molecular weight is 544 g/mol. The summed E-state index contributed by atoms with van der Waals surface area (Å²) in [5.74, 6) is 0.291. The fraction of sp³-hybridized carbons (Fsp3) is 0.517. The van der Waals surface area contributed by atoms with Crippen LogP contribution in [0.4, 0.5) is 0 Å². The fourth-order valence-electron chi connectivity index (χ4n) is 4.47. The Morgan fingerprint density at radius 3 is 2.46 bits per heavy atom. The molecule has 2 aromatic carbocycles. The largest absolute Gasteiger partial charge is 0.483 e. The van der Waals surface area contributed by atoms with Crippen LogP contribution in [0.5, 0.6) is 5.75 Å². The van der Waals surface area contributed by atoms with E-state index < -0.39 is 6.04 Å².